The number of carbonyl (C=O) groups is 1. The molecule has 0 aliphatic carbocycles. The summed E-state index contributed by atoms with van der Waals surface area (Å²) in [6, 6.07) is 24.3. The molecule has 1 heterocycles. The highest BCUT2D eigenvalue weighted by atomic mass is 16.5. The molecule has 0 aliphatic rings. The Bertz CT molecular complexity index is 1260. The van der Waals surface area contributed by atoms with Crippen molar-refractivity contribution in [2.45, 2.75) is 6.92 Å². The molecule has 0 unspecified atom stereocenters. The predicted octanol–water partition coefficient (Wildman–Crippen LogP) is 5.47. The van der Waals surface area contributed by atoms with Crippen molar-refractivity contribution in [2.24, 2.45) is 0 Å². The van der Waals surface area contributed by atoms with Crippen molar-refractivity contribution in [3.8, 4) is 22.8 Å². The van der Waals surface area contributed by atoms with Crippen molar-refractivity contribution in [1.82, 2.24) is 10.2 Å². The summed E-state index contributed by atoms with van der Waals surface area (Å²) in [5.41, 5.74) is 4.95. The van der Waals surface area contributed by atoms with E-state index >= 15 is 0 Å². The molecule has 0 atom stereocenters. The van der Waals surface area contributed by atoms with Crippen LogP contribution in [-0.4, -0.2) is 30.3 Å². The Balaban J connectivity index is 1.40. The smallest absolute Gasteiger partial charge is 0.255 e. The number of rotatable bonds is 7. The van der Waals surface area contributed by atoms with E-state index in [0.29, 0.717) is 28.6 Å². The molecule has 4 aromatic rings. The van der Waals surface area contributed by atoms with Crippen LogP contribution in [0.4, 0.5) is 17.2 Å². The van der Waals surface area contributed by atoms with E-state index < -0.39 is 0 Å². The Morgan fingerprint density at radius 3 is 2.21 bits per heavy atom. The molecule has 0 aliphatic heterocycles. The average molecular weight is 441 g/mol. The number of aryl methyl sites for hydroxylation is 1. The molecule has 2 N–H and O–H groups in total. The van der Waals surface area contributed by atoms with Gasteiger partial charge in [0.2, 0.25) is 0 Å². The van der Waals surface area contributed by atoms with Crippen molar-refractivity contribution >= 4 is 23.1 Å². The monoisotopic (exact) mass is 440 g/mol. The molecule has 166 valence electrons. The minimum atomic E-state index is -0.226. The Labute approximate surface area is 192 Å². The van der Waals surface area contributed by atoms with Gasteiger partial charge < -0.3 is 20.1 Å². The van der Waals surface area contributed by atoms with Gasteiger partial charge >= 0.3 is 0 Å². The van der Waals surface area contributed by atoms with Crippen LogP contribution in [0.25, 0.3) is 11.3 Å². The van der Waals surface area contributed by atoms with E-state index in [1.807, 2.05) is 49.4 Å². The van der Waals surface area contributed by atoms with Gasteiger partial charge in [0, 0.05) is 28.6 Å². The Kier molecular flexibility index (Phi) is 6.50. The van der Waals surface area contributed by atoms with Crippen LogP contribution >= 0.6 is 0 Å². The fraction of sp³-hybridized carbons (Fsp3) is 0.115. The van der Waals surface area contributed by atoms with E-state index in [9.17, 15) is 4.79 Å². The Morgan fingerprint density at radius 1 is 0.788 bits per heavy atom. The van der Waals surface area contributed by atoms with Crippen molar-refractivity contribution < 1.29 is 14.3 Å². The standard InChI is InChI=1S/C26H24N4O3/c1-17-5-4-6-19(15-17)22-12-14-25(30-29-22)27-20-9-7-18(8-10-20)26(31)28-21-11-13-23(32-2)24(16-21)33-3/h4-16H,1-3H3,(H,27,30)(H,28,31). The van der Waals surface area contributed by atoms with Gasteiger partial charge in [-0.05, 0) is 61.5 Å². The topological polar surface area (TPSA) is 85.4 Å². The van der Waals surface area contributed by atoms with Crippen LogP contribution in [0, 0.1) is 6.92 Å². The van der Waals surface area contributed by atoms with Gasteiger partial charge in [0.25, 0.3) is 5.91 Å². The SMILES string of the molecule is COc1ccc(NC(=O)c2ccc(Nc3ccc(-c4cccc(C)c4)nn3)cc2)cc1OC. The molecular formula is C26H24N4O3. The van der Waals surface area contributed by atoms with Gasteiger partial charge in [-0.15, -0.1) is 10.2 Å². The molecule has 4 rings (SSSR count). The van der Waals surface area contributed by atoms with E-state index in [1.165, 1.54) is 5.56 Å². The summed E-state index contributed by atoms with van der Waals surface area (Å²) in [5.74, 6) is 1.54. The average Bonchev–Trinajstić information content (AvgIpc) is 2.85. The predicted molar refractivity (Wildman–Crippen MR) is 129 cm³/mol. The first kappa shape index (κ1) is 21.8. The first-order valence-electron chi connectivity index (χ1n) is 10.4. The van der Waals surface area contributed by atoms with Crippen LogP contribution in [0.5, 0.6) is 11.5 Å². The zero-order valence-corrected chi connectivity index (χ0v) is 18.6. The number of anilines is 3. The summed E-state index contributed by atoms with van der Waals surface area (Å²) in [5, 5.41) is 14.6. The van der Waals surface area contributed by atoms with E-state index in [1.54, 1.807) is 44.6 Å². The van der Waals surface area contributed by atoms with Crippen LogP contribution in [0.15, 0.2) is 78.9 Å². The zero-order chi connectivity index (χ0) is 23.2. The lowest BCUT2D eigenvalue weighted by Crippen LogP contribution is -2.12. The number of ether oxygens (including phenoxy) is 2. The van der Waals surface area contributed by atoms with Gasteiger partial charge in [-0.3, -0.25) is 4.79 Å². The lowest BCUT2D eigenvalue weighted by atomic mass is 10.1. The molecule has 0 saturated heterocycles. The molecule has 3 aromatic carbocycles. The molecule has 0 fully saturated rings. The summed E-state index contributed by atoms with van der Waals surface area (Å²) >= 11 is 0. The van der Waals surface area contributed by atoms with E-state index in [2.05, 4.69) is 26.9 Å². The van der Waals surface area contributed by atoms with Crippen molar-refractivity contribution in [3.05, 3.63) is 90.0 Å². The molecule has 0 radical (unpaired) electrons. The van der Waals surface area contributed by atoms with E-state index in [-0.39, 0.29) is 5.91 Å². The van der Waals surface area contributed by atoms with Gasteiger partial charge in [-0.1, -0.05) is 23.8 Å². The maximum Gasteiger partial charge on any atom is 0.255 e. The summed E-state index contributed by atoms with van der Waals surface area (Å²) in [6.07, 6.45) is 0. The third-order valence-corrected chi connectivity index (χ3v) is 5.04. The molecule has 1 amide bonds. The first-order valence-corrected chi connectivity index (χ1v) is 10.4. The van der Waals surface area contributed by atoms with E-state index in [0.717, 1.165) is 16.9 Å². The van der Waals surface area contributed by atoms with Gasteiger partial charge in [0.05, 0.1) is 19.9 Å². The summed E-state index contributed by atoms with van der Waals surface area (Å²) < 4.78 is 10.5. The van der Waals surface area contributed by atoms with Gasteiger partial charge in [0.1, 0.15) is 0 Å². The maximum absolute atomic E-state index is 12.6. The van der Waals surface area contributed by atoms with Crippen molar-refractivity contribution in [3.63, 3.8) is 0 Å². The maximum atomic E-state index is 12.6. The zero-order valence-electron chi connectivity index (χ0n) is 18.6. The molecule has 1 aromatic heterocycles. The van der Waals surface area contributed by atoms with Crippen LogP contribution in [-0.2, 0) is 0 Å². The number of nitrogens with zero attached hydrogens (tertiary/aromatic N) is 2. The van der Waals surface area contributed by atoms with Gasteiger partial charge in [0.15, 0.2) is 17.3 Å². The Morgan fingerprint density at radius 2 is 1.55 bits per heavy atom. The van der Waals surface area contributed by atoms with Crippen LogP contribution in [0.1, 0.15) is 15.9 Å². The molecule has 7 heteroatoms. The molecule has 7 nitrogen and oxygen atoms in total. The quantitative estimate of drug-likeness (QED) is 0.397. The lowest BCUT2D eigenvalue weighted by molar-refractivity contribution is 0.102. The van der Waals surface area contributed by atoms with E-state index in [4.69, 9.17) is 9.47 Å². The minimum absolute atomic E-state index is 0.226. The number of benzene rings is 3. The number of carbonyl (C=O) groups excluding carboxylic acids is 1. The van der Waals surface area contributed by atoms with Crippen LogP contribution in [0.2, 0.25) is 0 Å². The minimum Gasteiger partial charge on any atom is -0.493 e. The van der Waals surface area contributed by atoms with Crippen molar-refractivity contribution in [1.29, 1.82) is 0 Å². The first-order chi connectivity index (χ1) is 16.1. The highest BCUT2D eigenvalue weighted by molar-refractivity contribution is 6.04. The number of amides is 1. The molecular weight excluding hydrogens is 416 g/mol. The summed E-state index contributed by atoms with van der Waals surface area (Å²) in [4.78, 5) is 12.6. The van der Waals surface area contributed by atoms with Gasteiger partial charge in [-0.2, -0.15) is 0 Å². The molecule has 0 spiro atoms. The number of methoxy groups -OCH3 is 2. The lowest BCUT2D eigenvalue weighted by Gasteiger charge is -2.11. The van der Waals surface area contributed by atoms with Gasteiger partial charge in [-0.25, -0.2) is 0 Å². The van der Waals surface area contributed by atoms with Crippen molar-refractivity contribution in [2.75, 3.05) is 24.9 Å². The molecule has 33 heavy (non-hydrogen) atoms. The summed E-state index contributed by atoms with van der Waals surface area (Å²) in [6.45, 7) is 2.05. The second-order valence-corrected chi connectivity index (χ2v) is 7.40. The second kappa shape index (κ2) is 9.82. The fourth-order valence-electron chi connectivity index (χ4n) is 3.33. The highest BCUT2D eigenvalue weighted by Crippen LogP contribution is 2.30. The Hall–Kier alpha value is -4.39. The third-order valence-electron chi connectivity index (χ3n) is 5.04. The number of hydrogen-bond acceptors (Lipinski definition) is 6. The number of aromatic nitrogens is 2. The number of nitrogens with one attached hydrogen (secondary N) is 2. The summed E-state index contributed by atoms with van der Waals surface area (Å²) in [7, 11) is 3.12. The molecule has 0 saturated carbocycles. The normalized spacial score (nSPS) is 10.4. The van der Waals surface area contributed by atoms with Crippen LogP contribution < -0.4 is 20.1 Å². The third kappa shape index (κ3) is 5.27. The molecule has 0 bridgehead atoms. The second-order valence-electron chi connectivity index (χ2n) is 7.40. The highest BCUT2D eigenvalue weighted by Gasteiger charge is 2.10. The van der Waals surface area contributed by atoms with Crippen LogP contribution in [0.3, 0.4) is 0 Å². The largest absolute Gasteiger partial charge is 0.493 e. The number of hydrogen-bond donors (Lipinski definition) is 2. The fourth-order valence-corrected chi connectivity index (χ4v) is 3.33.